The monoisotopic (exact) mass is 272 g/mol. The molecule has 0 aromatic carbocycles. The number of thiocarbonyl (C=S) groups is 1. The average Bonchev–Trinajstić information content (AvgIpc) is 2.72. The summed E-state index contributed by atoms with van der Waals surface area (Å²) in [5.74, 6) is 0. The quantitative estimate of drug-likeness (QED) is 0.383. The molecule has 0 radical (unpaired) electrons. The van der Waals surface area contributed by atoms with Gasteiger partial charge in [0.1, 0.15) is 0 Å². The number of rotatable bonds is 8. The number of thiol groups is 1. The number of hydrogen-bond acceptors (Lipinski definition) is 2. The van der Waals surface area contributed by atoms with Crippen LogP contribution in [0.2, 0.25) is 0 Å². The SMILES string of the molecule is CCCCCCCCc1ccc(C(=S)S)s1. The molecule has 1 aromatic heterocycles. The molecule has 1 rings (SSSR count). The molecule has 0 saturated heterocycles. The lowest BCUT2D eigenvalue weighted by atomic mass is 10.1. The zero-order valence-corrected chi connectivity index (χ0v) is 12.4. The van der Waals surface area contributed by atoms with Crippen LogP contribution in [0.1, 0.15) is 55.2 Å². The van der Waals surface area contributed by atoms with E-state index in [1.807, 2.05) is 0 Å². The summed E-state index contributed by atoms with van der Waals surface area (Å²) in [5.41, 5.74) is 0. The van der Waals surface area contributed by atoms with Crippen molar-refractivity contribution in [1.82, 2.24) is 0 Å². The van der Waals surface area contributed by atoms with E-state index in [-0.39, 0.29) is 0 Å². The summed E-state index contributed by atoms with van der Waals surface area (Å²) in [6, 6.07) is 4.28. The summed E-state index contributed by atoms with van der Waals surface area (Å²) in [6.07, 6.45) is 9.36. The van der Waals surface area contributed by atoms with Gasteiger partial charge >= 0.3 is 0 Å². The van der Waals surface area contributed by atoms with Gasteiger partial charge in [0.25, 0.3) is 0 Å². The van der Waals surface area contributed by atoms with E-state index in [1.54, 1.807) is 11.3 Å². The van der Waals surface area contributed by atoms with Crippen LogP contribution in [-0.4, -0.2) is 4.20 Å². The topological polar surface area (TPSA) is 0 Å². The number of thiophene rings is 1. The van der Waals surface area contributed by atoms with Crippen molar-refractivity contribution in [2.24, 2.45) is 0 Å². The molecule has 0 aliphatic rings. The summed E-state index contributed by atoms with van der Waals surface area (Å²) in [6.45, 7) is 2.26. The Kier molecular flexibility index (Phi) is 7.33. The van der Waals surface area contributed by atoms with E-state index in [0.717, 1.165) is 9.07 Å². The van der Waals surface area contributed by atoms with Gasteiger partial charge in [0.15, 0.2) is 0 Å². The number of hydrogen-bond donors (Lipinski definition) is 1. The van der Waals surface area contributed by atoms with Crippen molar-refractivity contribution in [3.05, 3.63) is 21.9 Å². The Morgan fingerprint density at radius 2 is 1.88 bits per heavy atom. The van der Waals surface area contributed by atoms with Gasteiger partial charge in [-0.2, -0.15) is 0 Å². The lowest BCUT2D eigenvalue weighted by Gasteiger charge is -1.99. The summed E-state index contributed by atoms with van der Waals surface area (Å²) in [5, 5.41) is 0. The van der Waals surface area contributed by atoms with E-state index in [0.29, 0.717) is 0 Å². The fourth-order valence-corrected chi connectivity index (χ4v) is 3.00. The van der Waals surface area contributed by atoms with Crippen molar-refractivity contribution in [2.45, 2.75) is 51.9 Å². The van der Waals surface area contributed by atoms with Crippen LogP contribution in [0, 0.1) is 0 Å². The molecule has 1 aromatic rings. The summed E-state index contributed by atoms with van der Waals surface area (Å²) >= 11 is 11.0. The predicted octanol–water partition coefficient (Wildman–Crippen LogP) is 5.26. The van der Waals surface area contributed by atoms with E-state index < -0.39 is 0 Å². The molecule has 0 spiro atoms. The van der Waals surface area contributed by atoms with Crippen LogP contribution in [0.25, 0.3) is 0 Å². The first-order valence-corrected chi connectivity index (χ1v) is 7.73. The Hall–Kier alpha value is 0.140. The fourth-order valence-electron chi connectivity index (χ4n) is 1.71. The molecule has 0 N–H and O–H groups in total. The van der Waals surface area contributed by atoms with Gasteiger partial charge in [-0.3, -0.25) is 0 Å². The van der Waals surface area contributed by atoms with Crippen molar-refractivity contribution in [3.63, 3.8) is 0 Å². The number of unbranched alkanes of at least 4 members (excludes halogenated alkanes) is 5. The summed E-state index contributed by atoms with van der Waals surface area (Å²) in [7, 11) is 0. The van der Waals surface area contributed by atoms with E-state index >= 15 is 0 Å². The molecule has 1 heterocycles. The van der Waals surface area contributed by atoms with E-state index in [1.165, 1.54) is 49.8 Å². The molecule has 0 saturated carbocycles. The Morgan fingerprint density at radius 1 is 1.19 bits per heavy atom. The molecular formula is C13H20S3. The van der Waals surface area contributed by atoms with E-state index in [9.17, 15) is 0 Å². The zero-order valence-electron chi connectivity index (χ0n) is 9.87. The molecule has 0 aliphatic heterocycles. The van der Waals surface area contributed by atoms with Crippen molar-refractivity contribution in [3.8, 4) is 0 Å². The minimum absolute atomic E-state index is 0.721. The molecule has 0 aliphatic carbocycles. The molecule has 0 fully saturated rings. The molecule has 3 heteroatoms. The first kappa shape index (κ1) is 14.2. The van der Waals surface area contributed by atoms with Gasteiger partial charge in [-0.1, -0.05) is 51.2 Å². The maximum atomic E-state index is 5.03. The van der Waals surface area contributed by atoms with Crippen LogP contribution in [0.5, 0.6) is 0 Å². The standard InChI is InChI=1S/C13H20S3/c1-2-3-4-5-6-7-8-11-9-10-12(16-11)13(14)15/h9-10H,2-8H2,1H3,(H,14,15). The van der Waals surface area contributed by atoms with Gasteiger partial charge in [-0.25, -0.2) is 0 Å². The van der Waals surface area contributed by atoms with Crippen molar-refractivity contribution < 1.29 is 0 Å². The highest BCUT2D eigenvalue weighted by molar-refractivity contribution is 8.12. The Labute approximate surface area is 114 Å². The summed E-state index contributed by atoms with van der Waals surface area (Å²) < 4.78 is 0.721. The molecule has 16 heavy (non-hydrogen) atoms. The zero-order chi connectivity index (χ0) is 11.8. The third-order valence-electron chi connectivity index (χ3n) is 2.65. The Morgan fingerprint density at radius 3 is 2.50 bits per heavy atom. The van der Waals surface area contributed by atoms with Crippen LogP contribution >= 0.6 is 36.2 Å². The van der Waals surface area contributed by atoms with Crippen LogP contribution in [0.15, 0.2) is 12.1 Å². The molecule has 90 valence electrons. The minimum atomic E-state index is 0.721. The maximum Gasteiger partial charge on any atom is 0.0847 e. The third-order valence-corrected chi connectivity index (χ3v) is 4.55. The fraction of sp³-hybridized carbons (Fsp3) is 0.615. The second-order valence-corrected chi connectivity index (χ2v) is 6.42. The highest BCUT2D eigenvalue weighted by atomic mass is 32.1. The molecule has 0 unspecified atom stereocenters. The van der Waals surface area contributed by atoms with Crippen LogP contribution < -0.4 is 0 Å². The van der Waals surface area contributed by atoms with Crippen LogP contribution in [-0.2, 0) is 6.42 Å². The maximum absolute atomic E-state index is 5.03. The minimum Gasteiger partial charge on any atom is -0.139 e. The Bertz CT molecular complexity index is 315. The lowest BCUT2D eigenvalue weighted by molar-refractivity contribution is 0.609. The van der Waals surface area contributed by atoms with Crippen molar-refractivity contribution >= 4 is 40.4 Å². The van der Waals surface area contributed by atoms with Gasteiger partial charge in [-0.05, 0) is 25.0 Å². The highest BCUT2D eigenvalue weighted by Gasteiger charge is 2.01. The molecule has 0 bridgehead atoms. The highest BCUT2D eigenvalue weighted by Crippen LogP contribution is 2.21. The van der Waals surface area contributed by atoms with Gasteiger partial charge in [-0.15, -0.1) is 24.0 Å². The largest absolute Gasteiger partial charge is 0.139 e. The first-order valence-electron chi connectivity index (χ1n) is 6.06. The summed E-state index contributed by atoms with van der Waals surface area (Å²) in [4.78, 5) is 2.58. The van der Waals surface area contributed by atoms with E-state index in [4.69, 9.17) is 12.2 Å². The second kappa shape index (κ2) is 8.26. The molecule has 0 amide bonds. The molecule has 0 atom stereocenters. The van der Waals surface area contributed by atoms with Crippen LogP contribution in [0.3, 0.4) is 0 Å². The van der Waals surface area contributed by atoms with Crippen molar-refractivity contribution in [1.29, 1.82) is 0 Å². The third kappa shape index (κ3) is 5.46. The predicted molar refractivity (Wildman–Crippen MR) is 82.1 cm³/mol. The van der Waals surface area contributed by atoms with Crippen LogP contribution in [0.4, 0.5) is 0 Å². The van der Waals surface area contributed by atoms with Gasteiger partial charge < -0.3 is 0 Å². The molecular weight excluding hydrogens is 252 g/mol. The average molecular weight is 273 g/mol. The Balaban J connectivity index is 2.14. The number of aryl methyl sites for hydroxylation is 1. The van der Waals surface area contributed by atoms with E-state index in [2.05, 4.69) is 31.7 Å². The van der Waals surface area contributed by atoms with Gasteiger partial charge in [0.2, 0.25) is 0 Å². The van der Waals surface area contributed by atoms with Gasteiger partial charge in [0.05, 0.1) is 9.07 Å². The smallest absolute Gasteiger partial charge is 0.0847 e. The van der Waals surface area contributed by atoms with Gasteiger partial charge in [0, 0.05) is 4.88 Å². The molecule has 0 nitrogen and oxygen atoms in total. The lowest BCUT2D eigenvalue weighted by Crippen LogP contribution is -1.82. The first-order chi connectivity index (χ1) is 7.74. The van der Waals surface area contributed by atoms with Crippen molar-refractivity contribution in [2.75, 3.05) is 0 Å². The normalized spacial score (nSPS) is 10.6. The second-order valence-electron chi connectivity index (χ2n) is 4.09.